The summed E-state index contributed by atoms with van der Waals surface area (Å²) in [5, 5.41) is 12.7. The van der Waals surface area contributed by atoms with Crippen LogP contribution in [0.3, 0.4) is 0 Å². The summed E-state index contributed by atoms with van der Waals surface area (Å²) in [7, 11) is 0. The molecule has 0 aliphatic carbocycles. The first kappa shape index (κ1) is 25.6. The molecular formula is C27H28N6O4. The lowest BCUT2D eigenvalue weighted by molar-refractivity contribution is -0.127. The average Bonchev–Trinajstić information content (AvgIpc) is 3.26. The fourth-order valence-electron chi connectivity index (χ4n) is 4.00. The van der Waals surface area contributed by atoms with E-state index in [9.17, 15) is 4.79 Å². The second kappa shape index (κ2) is 11.9. The van der Waals surface area contributed by atoms with Gasteiger partial charge in [-0.05, 0) is 54.4 Å². The lowest BCUT2D eigenvalue weighted by atomic mass is 9.85. The van der Waals surface area contributed by atoms with Crippen LogP contribution < -0.4 is 15.6 Å². The molecule has 4 rings (SSSR count). The van der Waals surface area contributed by atoms with Crippen LogP contribution in [-0.2, 0) is 16.0 Å². The Balaban J connectivity index is 1.65. The van der Waals surface area contributed by atoms with Crippen molar-refractivity contribution in [2.75, 3.05) is 18.6 Å². The topological polar surface area (TPSA) is 141 Å². The summed E-state index contributed by atoms with van der Waals surface area (Å²) in [5.41, 5.74) is 15.9. The minimum Gasteiger partial charge on any atom is -0.494 e. The number of aliphatic imine (C=N–C) groups is 1. The molecule has 0 saturated carbocycles. The number of amides is 1. The normalized spacial score (nSPS) is 18.2. The number of carbonyl (C=O) groups is 1. The predicted octanol–water partition coefficient (Wildman–Crippen LogP) is 4.68. The van der Waals surface area contributed by atoms with Crippen LogP contribution in [0.5, 0.6) is 5.75 Å². The van der Waals surface area contributed by atoms with Crippen LogP contribution in [0.2, 0.25) is 0 Å². The van der Waals surface area contributed by atoms with Crippen molar-refractivity contribution in [3.8, 4) is 5.75 Å². The maximum absolute atomic E-state index is 13.7. The third-order valence-corrected chi connectivity index (χ3v) is 6.03. The van der Waals surface area contributed by atoms with Crippen molar-refractivity contribution in [3.63, 3.8) is 0 Å². The predicted molar refractivity (Wildman–Crippen MR) is 141 cm³/mol. The Morgan fingerprint density at radius 3 is 2.59 bits per heavy atom. The summed E-state index contributed by atoms with van der Waals surface area (Å²) in [4.78, 5) is 21.4. The standard InChI is InChI=1S/C27H28N6O4/c1-19-27(18-21-8-5-6-11-24(21)31-33-28,26(35)32-30-22-9-3-2-4-10-22)29-25(37-19)20-12-14-23(15-13-20)36-17-7-16-34/h2-6,8-15,19,30,34H,7,16-18H2,1H3,(H,32,35)/t19-,27-/m0/s1. The molecule has 2 atom stereocenters. The van der Waals surface area contributed by atoms with Gasteiger partial charge in [-0.25, -0.2) is 4.99 Å². The lowest BCUT2D eigenvalue weighted by Crippen LogP contribution is -2.53. The summed E-state index contributed by atoms with van der Waals surface area (Å²) >= 11 is 0. The van der Waals surface area contributed by atoms with Gasteiger partial charge in [-0.2, -0.15) is 0 Å². The number of ether oxygens (including phenoxy) is 2. The van der Waals surface area contributed by atoms with E-state index in [1.165, 1.54) is 0 Å². The number of azide groups is 1. The van der Waals surface area contributed by atoms with Crippen LogP contribution in [0, 0.1) is 0 Å². The molecule has 10 heteroatoms. The van der Waals surface area contributed by atoms with E-state index in [0.29, 0.717) is 47.2 Å². The van der Waals surface area contributed by atoms with E-state index in [2.05, 4.69) is 20.9 Å². The Morgan fingerprint density at radius 2 is 1.86 bits per heavy atom. The van der Waals surface area contributed by atoms with Gasteiger partial charge in [-0.3, -0.25) is 15.6 Å². The molecule has 3 aromatic carbocycles. The monoisotopic (exact) mass is 500 g/mol. The van der Waals surface area contributed by atoms with E-state index >= 15 is 0 Å². The zero-order valence-corrected chi connectivity index (χ0v) is 20.4. The third-order valence-electron chi connectivity index (χ3n) is 6.03. The lowest BCUT2D eigenvalue weighted by Gasteiger charge is -2.29. The van der Waals surface area contributed by atoms with Crippen molar-refractivity contribution < 1.29 is 19.4 Å². The number of carbonyl (C=O) groups excluding carboxylic acids is 1. The Kier molecular flexibility index (Phi) is 8.25. The Bertz CT molecular complexity index is 1290. The molecule has 0 bridgehead atoms. The zero-order chi connectivity index (χ0) is 26.1. The van der Waals surface area contributed by atoms with Gasteiger partial charge in [-0.1, -0.05) is 47.6 Å². The van der Waals surface area contributed by atoms with E-state index in [0.717, 1.165) is 0 Å². The van der Waals surface area contributed by atoms with Crippen LogP contribution in [0.4, 0.5) is 11.4 Å². The quantitative estimate of drug-likeness (QED) is 0.115. The van der Waals surface area contributed by atoms with Crippen molar-refractivity contribution in [1.29, 1.82) is 0 Å². The molecule has 1 heterocycles. The van der Waals surface area contributed by atoms with Crippen molar-refractivity contribution in [2.45, 2.75) is 31.4 Å². The molecule has 0 radical (unpaired) electrons. The maximum Gasteiger partial charge on any atom is 0.270 e. The number of hydrogen-bond acceptors (Lipinski definition) is 7. The Morgan fingerprint density at radius 1 is 1.14 bits per heavy atom. The number of hydrazine groups is 1. The molecule has 37 heavy (non-hydrogen) atoms. The van der Waals surface area contributed by atoms with Crippen molar-refractivity contribution >= 4 is 23.2 Å². The van der Waals surface area contributed by atoms with Crippen LogP contribution in [-0.4, -0.2) is 41.8 Å². The molecule has 10 nitrogen and oxygen atoms in total. The average molecular weight is 501 g/mol. The van der Waals surface area contributed by atoms with Crippen molar-refractivity contribution in [3.05, 3.63) is 100 Å². The summed E-state index contributed by atoms with van der Waals surface area (Å²) in [6.45, 7) is 2.26. The van der Waals surface area contributed by atoms with Gasteiger partial charge in [-0.15, -0.1) is 0 Å². The molecular weight excluding hydrogens is 472 g/mol. The van der Waals surface area contributed by atoms with E-state index in [4.69, 9.17) is 25.1 Å². The summed E-state index contributed by atoms with van der Waals surface area (Å²) < 4.78 is 11.7. The number of aliphatic hydroxyl groups excluding tert-OH is 1. The number of anilines is 1. The second-order valence-corrected chi connectivity index (χ2v) is 8.49. The summed E-state index contributed by atoms with van der Waals surface area (Å²) in [6.07, 6.45) is 0.0677. The molecule has 190 valence electrons. The fraction of sp³-hybridized carbons (Fsp3) is 0.259. The molecule has 0 fully saturated rings. The Labute approximate surface area is 214 Å². The molecule has 1 amide bonds. The van der Waals surface area contributed by atoms with Crippen LogP contribution in [0.1, 0.15) is 24.5 Å². The number of aliphatic hydroxyl groups is 1. The van der Waals surface area contributed by atoms with E-state index in [1.54, 1.807) is 31.2 Å². The van der Waals surface area contributed by atoms with Gasteiger partial charge in [0.1, 0.15) is 11.9 Å². The zero-order valence-electron chi connectivity index (χ0n) is 20.4. The van der Waals surface area contributed by atoms with Gasteiger partial charge in [0.2, 0.25) is 5.90 Å². The van der Waals surface area contributed by atoms with Crippen LogP contribution in [0.25, 0.3) is 10.4 Å². The highest BCUT2D eigenvalue weighted by Crippen LogP contribution is 2.35. The number of para-hydroxylation sites is 1. The van der Waals surface area contributed by atoms with Crippen molar-refractivity contribution in [2.24, 2.45) is 10.1 Å². The Hall–Kier alpha value is -4.53. The first-order valence-corrected chi connectivity index (χ1v) is 11.9. The molecule has 1 aliphatic rings. The molecule has 0 spiro atoms. The highest BCUT2D eigenvalue weighted by molar-refractivity contribution is 6.01. The van der Waals surface area contributed by atoms with Gasteiger partial charge in [0.05, 0.1) is 12.3 Å². The minimum absolute atomic E-state index is 0.0622. The fourth-order valence-corrected chi connectivity index (χ4v) is 4.00. The molecule has 1 aliphatic heterocycles. The second-order valence-electron chi connectivity index (χ2n) is 8.49. The van der Waals surface area contributed by atoms with Gasteiger partial charge in [0.25, 0.3) is 5.91 Å². The molecule has 0 aromatic heterocycles. The van der Waals surface area contributed by atoms with Crippen LogP contribution >= 0.6 is 0 Å². The van der Waals surface area contributed by atoms with Crippen LogP contribution in [0.15, 0.2) is 89.0 Å². The highest BCUT2D eigenvalue weighted by Gasteiger charge is 2.50. The first-order chi connectivity index (χ1) is 18.1. The van der Waals surface area contributed by atoms with Gasteiger partial charge < -0.3 is 14.6 Å². The van der Waals surface area contributed by atoms with E-state index in [1.807, 2.05) is 54.6 Å². The van der Waals surface area contributed by atoms with Gasteiger partial charge >= 0.3 is 0 Å². The largest absolute Gasteiger partial charge is 0.494 e. The first-order valence-electron chi connectivity index (χ1n) is 11.9. The third kappa shape index (κ3) is 6.00. The highest BCUT2D eigenvalue weighted by atomic mass is 16.5. The van der Waals surface area contributed by atoms with Gasteiger partial charge in [0, 0.05) is 35.6 Å². The number of benzene rings is 3. The SMILES string of the molecule is C[C@@H]1OC(c2ccc(OCCCO)cc2)=N[C@]1(Cc1ccccc1N=[N+]=[N-])C(=O)NNc1ccccc1. The minimum atomic E-state index is -1.34. The van der Waals surface area contributed by atoms with Gasteiger partial charge in [0.15, 0.2) is 5.54 Å². The number of hydrogen-bond donors (Lipinski definition) is 3. The number of nitrogens with zero attached hydrogens (tertiary/aromatic N) is 4. The van der Waals surface area contributed by atoms with E-state index < -0.39 is 17.6 Å². The molecule has 3 N–H and O–H groups in total. The smallest absolute Gasteiger partial charge is 0.270 e. The molecule has 0 saturated heterocycles. The summed E-state index contributed by atoms with van der Waals surface area (Å²) in [5.74, 6) is 0.590. The number of nitrogens with one attached hydrogen (secondary N) is 2. The van der Waals surface area contributed by atoms with E-state index in [-0.39, 0.29) is 13.0 Å². The molecule has 3 aromatic rings. The summed E-state index contributed by atoms with van der Waals surface area (Å²) in [6, 6.07) is 23.5. The molecule has 0 unspecified atom stereocenters. The van der Waals surface area contributed by atoms with Crippen molar-refractivity contribution in [1.82, 2.24) is 5.43 Å². The number of rotatable bonds is 11. The maximum atomic E-state index is 13.7.